The van der Waals surface area contributed by atoms with Crippen molar-refractivity contribution in [2.75, 3.05) is 23.3 Å². The quantitative estimate of drug-likeness (QED) is 0.755. The minimum atomic E-state index is -0.520. The Balaban J connectivity index is 1.78. The number of fused-ring (bicyclic) bond motifs is 1. The van der Waals surface area contributed by atoms with E-state index in [0.717, 1.165) is 30.0 Å². The maximum Gasteiger partial charge on any atom is 0.247 e. The van der Waals surface area contributed by atoms with E-state index in [0.29, 0.717) is 25.1 Å². The standard InChI is InChI=1S/C24H32N4O2/c1-5-27(6-2)22-12-11-20(15-25-22)26-24(30)21-14-18-9-7-8-10-19(18)16-28(21)23(29)13-17(3)4/h7-12,15,17,21H,5-6,13-14,16H2,1-4H3,(H,26,30). The normalized spacial score (nSPS) is 15.6. The maximum absolute atomic E-state index is 13.2. The van der Waals surface area contributed by atoms with Crippen molar-refractivity contribution in [3.63, 3.8) is 0 Å². The van der Waals surface area contributed by atoms with Gasteiger partial charge in [0.1, 0.15) is 11.9 Å². The number of amides is 2. The van der Waals surface area contributed by atoms with E-state index in [1.54, 1.807) is 11.1 Å². The highest BCUT2D eigenvalue weighted by Gasteiger charge is 2.34. The molecule has 1 atom stereocenters. The largest absolute Gasteiger partial charge is 0.357 e. The molecule has 0 saturated carbocycles. The molecule has 1 N–H and O–H groups in total. The lowest BCUT2D eigenvalue weighted by Gasteiger charge is -2.36. The second kappa shape index (κ2) is 9.74. The van der Waals surface area contributed by atoms with E-state index < -0.39 is 6.04 Å². The zero-order valence-electron chi connectivity index (χ0n) is 18.4. The summed E-state index contributed by atoms with van der Waals surface area (Å²) in [5.41, 5.74) is 2.89. The van der Waals surface area contributed by atoms with Crippen LogP contribution in [-0.2, 0) is 22.6 Å². The van der Waals surface area contributed by atoms with Crippen LogP contribution in [0.4, 0.5) is 11.5 Å². The molecule has 2 amide bonds. The van der Waals surface area contributed by atoms with Crippen molar-refractivity contribution in [2.45, 2.75) is 53.1 Å². The molecule has 0 fully saturated rings. The van der Waals surface area contributed by atoms with Crippen LogP contribution in [0.25, 0.3) is 0 Å². The highest BCUT2D eigenvalue weighted by atomic mass is 16.2. The second-order valence-electron chi connectivity index (χ2n) is 8.17. The second-order valence-corrected chi connectivity index (χ2v) is 8.17. The third kappa shape index (κ3) is 4.99. The smallest absolute Gasteiger partial charge is 0.247 e. The minimum absolute atomic E-state index is 0.0228. The maximum atomic E-state index is 13.2. The molecule has 1 aliphatic rings. The number of hydrogen-bond donors (Lipinski definition) is 1. The number of rotatable bonds is 7. The van der Waals surface area contributed by atoms with Crippen molar-refractivity contribution in [1.82, 2.24) is 9.88 Å². The molecule has 0 spiro atoms. The predicted molar refractivity (Wildman–Crippen MR) is 120 cm³/mol. The zero-order valence-corrected chi connectivity index (χ0v) is 18.4. The number of hydrogen-bond acceptors (Lipinski definition) is 4. The van der Waals surface area contributed by atoms with E-state index in [4.69, 9.17) is 0 Å². The molecule has 0 saturated heterocycles. The Labute approximate surface area is 179 Å². The van der Waals surface area contributed by atoms with E-state index in [-0.39, 0.29) is 17.7 Å². The van der Waals surface area contributed by atoms with Crippen molar-refractivity contribution >= 4 is 23.3 Å². The van der Waals surface area contributed by atoms with Gasteiger partial charge < -0.3 is 15.1 Å². The summed E-state index contributed by atoms with van der Waals surface area (Å²) in [5, 5.41) is 2.97. The highest BCUT2D eigenvalue weighted by molar-refractivity contribution is 5.97. The first-order chi connectivity index (χ1) is 14.4. The van der Waals surface area contributed by atoms with Crippen LogP contribution in [0.1, 0.15) is 45.2 Å². The zero-order chi connectivity index (χ0) is 21.7. The average molecular weight is 409 g/mol. The fraction of sp³-hybridized carbons (Fsp3) is 0.458. The van der Waals surface area contributed by atoms with Crippen LogP contribution in [0, 0.1) is 5.92 Å². The summed E-state index contributed by atoms with van der Waals surface area (Å²) in [4.78, 5) is 34.4. The number of carbonyl (C=O) groups is 2. The molecule has 2 heterocycles. The Bertz CT molecular complexity index is 875. The number of aromatic nitrogens is 1. The van der Waals surface area contributed by atoms with Gasteiger partial charge in [-0.1, -0.05) is 38.1 Å². The molecule has 2 aromatic rings. The van der Waals surface area contributed by atoms with E-state index >= 15 is 0 Å². The molecule has 1 aromatic heterocycles. The molecule has 0 radical (unpaired) electrons. The van der Waals surface area contributed by atoms with Crippen LogP contribution in [0.3, 0.4) is 0 Å². The van der Waals surface area contributed by atoms with Gasteiger partial charge >= 0.3 is 0 Å². The van der Waals surface area contributed by atoms with Gasteiger partial charge in [-0.05, 0) is 43.0 Å². The predicted octanol–water partition coefficient (Wildman–Crippen LogP) is 3.87. The summed E-state index contributed by atoms with van der Waals surface area (Å²) in [6.07, 6.45) is 2.64. The fourth-order valence-corrected chi connectivity index (χ4v) is 3.91. The lowest BCUT2D eigenvalue weighted by Crippen LogP contribution is -2.50. The third-order valence-corrected chi connectivity index (χ3v) is 5.56. The Morgan fingerprint density at radius 2 is 1.83 bits per heavy atom. The number of benzene rings is 1. The Morgan fingerprint density at radius 1 is 1.13 bits per heavy atom. The summed E-state index contributed by atoms with van der Waals surface area (Å²) < 4.78 is 0. The lowest BCUT2D eigenvalue weighted by molar-refractivity contribution is -0.140. The van der Waals surface area contributed by atoms with Crippen molar-refractivity contribution < 1.29 is 9.59 Å². The highest BCUT2D eigenvalue weighted by Crippen LogP contribution is 2.26. The molecule has 1 aromatic carbocycles. The minimum Gasteiger partial charge on any atom is -0.357 e. The van der Waals surface area contributed by atoms with Crippen LogP contribution in [0.2, 0.25) is 0 Å². The van der Waals surface area contributed by atoms with Gasteiger partial charge in [0.2, 0.25) is 11.8 Å². The summed E-state index contributed by atoms with van der Waals surface area (Å²) in [6, 6.07) is 11.3. The molecule has 6 heteroatoms. The molecule has 1 unspecified atom stereocenters. The van der Waals surface area contributed by atoms with E-state index in [1.165, 1.54) is 0 Å². The topological polar surface area (TPSA) is 65.5 Å². The van der Waals surface area contributed by atoms with Crippen LogP contribution in [-0.4, -0.2) is 40.8 Å². The van der Waals surface area contributed by atoms with E-state index in [2.05, 4.69) is 29.0 Å². The van der Waals surface area contributed by atoms with Gasteiger partial charge in [-0.15, -0.1) is 0 Å². The summed E-state index contributed by atoms with van der Waals surface area (Å²) in [5.74, 6) is 0.988. The van der Waals surface area contributed by atoms with Crippen molar-refractivity contribution in [2.24, 2.45) is 5.92 Å². The molecule has 30 heavy (non-hydrogen) atoms. The molecular formula is C24H32N4O2. The van der Waals surface area contributed by atoms with Crippen molar-refractivity contribution in [3.05, 3.63) is 53.7 Å². The molecule has 0 bridgehead atoms. The van der Waals surface area contributed by atoms with E-state index in [1.807, 2.05) is 50.2 Å². The van der Waals surface area contributed by atoms with E-state index in [9.17, 15) is 9.59 Å². The molecule has 0 aliphatic carbocycles. The summed E-state index contributed by atoms with van der Waals surface area (Å²) in [7, 11) is 0. The van der Waals surface area contributed by atoms with Gasteiger partial charge in [-0.25, -0.2) is 4.98 Å². The van der Waals surface area contributed by atoms with Gasteiger partial charge in [-0.3, -0.25) is 9.59 Å². The first-order valence-corrected chi connectivity index (χ1v) is 10.8. The lowest BCUT2D eigenvalue weighted by atomic mass is 9.92. The van der Waals surface area contributed by atoms with Crippen LogP contribution < -0.4 is 10.2 Å². The number of nitrogens with zero attached hydrogens (tertiary/aromatic N) is 3. The van der Waals surface area contributed by atoms with Crippen molar-refractivity contribution in [3.8, 4) is 0 Å². The molecule has 6 nitrogen and oxygen atoms in total. The first-order valence-electron chi connectivity index (χ1n) is 10.8. The average Bonchev–Trinajstić information content (AvgIpc) is 2.74. The van der Waals surface area contributed by atoms with Gasteiger partial charge in [-0.2, -0.15) is 0 Å². The van der Waals surface area contributed by atoms with Crippen LogP contribution >= 0.6 is 0 Å². The Kier molecular flexibility index (Phi) is 7.08. The summed E-state index contributed by atoms with van der Waals surface area (Å²) >= 11 is 0. The molecule has 160 valence electrons. The van der Waals surface area contributed by atoms with Crippen molar-refractivity contribution in [1.29, 1.82) is 0 Å². The van der Waals surface area contributed by atoms with Gasteiger partial charge in [0.15, 0.2) is 0 Å². The molecular weight excluding hydrogens is 376 g/mol. The SMILES string of the molecule is CCN(CC)c1ccc(NC(=O)C2Cc3ccccc3CN2C(=O)CC(C)C)cn1. The third-order valence-electron chi connectivity index (χ3n) is 5.56. The van der Waals surface area contributed by atoms with Crippen LogP contribution in [0.15, 0.2) is 42.6 Å². The van der Waals surface area contributed by atoms with Crippen LogP contribution in [0.5, 0.6) is 0 Å². The Morgan fingerprint density at radius 3 is 2.43 bits per heavy atom. The molecule has 3 rings (SSSR count). The van der Waals surface area contributed by atoms with Gasteiger partial charge in [0, 0.05) is 32.5 Å². The number of pyridine rings is 1. The molecule has 1 aliphatic heterocycles. The van der Waals surface area contributed by atoms with Gasteiger partial charge in [0.25, 0.3) is 0 Å². The first kappa shape index (κ1) is 21.8. The summed E-state index contributed by atoms with van der Waals surface area (Å²) in [6.45, 7) is 10.4. The number of nitrogens with one attached hydrogen (secondary N) is 1. The number of carbonyl (C=O) groups excluding carboxylic acids is 2. The monoisotopic (exact) mass is 408 g/mol. The Hall–Kier alpha value is -2.89. The van der Waals surface area contributed by atoms with Gasteiger partial charge in [0.05, 0.1) is 11.9 Å². The fourth-order valence-electron chi connectivity index (χ4n) is 3.91. The number of anilines is 2.